The van der Waals surface area contributed by atoms with Gasteiger partial charge < -0.3 is 11.1 Å². The summed E-state index contributed by atoms with van der Waals surface area (Å²) in [6.07, 6.45) is 1.57. The first-order valence-electron chi connectivity index (χ1n) is 7.28. The van der Waals surface area contributed by atoms with Crippen LogP contribution in [0, 0.1) is 5.41 Å². The molecule has 1 atom stereocenters. The number of nitrogens with one attached hydrogen (secondary N) is 1. The molecule has 3 nitrogen and oxygen atoms in total. The fraction of sp³-hybridized carbons (Fsp3) is 0.562. The summed E-state index contributed by atoms with van der Waals surface area (Å²) in [4.78, 5) is 13.5. The van der Waals surface area contributed by atoms with Crippen molar-refractivity contribution in [2.75, 3.05) is 13.1 Å². The minimum absolute atomic E-state index is 0. The zero-order chi connectivity index (χ0) is 15.0. The van der Waals surface area contributed by atoms with E-state index < -0.39 is 5.41 Å². The summed E-state index contributed by atoms with van der Waals surface area (Å²) < 4.78 is 0. The van der Waals surface area contributed by atoms with Crippen LogP contribution in [-0.2, 0) is 4.79 Å². The van der Waals surface area contributed by atoms with Crippen LogP contribution in [0.2, 0.25) is 0 Å². The summed E-state index contributed by atoms with van der Waals surface area (Å²) in [7, 11) is 0. The third-order valence-corrected chi connectivity index (χ3v) is 4.97. The maximum Gasteiger partial charge on any atom is 0.227 e. The molecule has 0 saturated heterocycles. The highest BCUT2D eigenvalue weighted by Gasteiger charge is 2.33. The van der Waals surface area contributed by atoms with Gasteiger partial charge in [-0.3, -0.25) is 4.79 Å². The Balaban J connectivity index is 0.00000400. The SMILES string of the molecule is CCC(CC)(CN)C(=O)NCC(C)Sc1ccccc1.Cl. The van der Waals surface area contributed by atoms with Crippen LogP contribution in [0.3, 0.4) is 0 Å². The van der Waals surface area contributed by atoms with Gasteiger partial charge in [-0.2, -0.15) is 0 Å². The highest BCUT2D eigenvalue weighted by atomic mass is 35.5. The van der Waals surface area contributed by atoms with Crippen LogP contribution in [0.4, 0.5) is 0 Å². The summed E-state index contributed by atoms with van der Waals surface area (Å²) in [5.74, 6) is 0.0884. The number of carbonyl (C=O) groups excluding carboxylic acids is 1. The number of hydrogen-bond acceptors (Lipinski definition) is 3. The van der Waals surface area contributed by atoms with Gasteiger partial charge in [-0.15, -0.1) is 24.2 Å². The second kappa shape index (κ2) is 10.1. The van der Waals surface area contributed by atoms with E-state index in [1.165, 1.54) is 4.90 Å². The normalized spacial score (nSPS) is 12.4. The van der Waals surface area contributed by atoms with E-state index in [0.717, 1.165) is 12.8 Å². The topological polar surface area (TPSA) is 55.1 Å². The lowest BCUT2D eigenvalue weighted by molar-refractivity contribution is -0.131. The van der Waals surface area contributed by atoms with Crippen molar-refractivity contribution < 1.29 is 4.79 Å². The van der Waals surface area contributed by atoms with Crippen molar-refractivity contribution in [3.63, 3.8) is 0 Å². The summed E-state index contributed by atoms with van der Waals surface area (Å²) >= 11 is 1.77. The standard InChI is InChI=1S/C16H26N2OS.ClH/c1-4-16(5-2,12-17)15(19)18-11-13(3)20-14-9-7-6-8-10-14;/h6-10,13H,4-5,11-12,17H2,1-3H3,(H,18,19);1H. The predicted octanol–water partition coefficient (Wildman–Crippen LogP) is 3.47. The Kier molecular flexibility index (Phi) is 9.75. The van der Waals surface area contributed by atoms with E-state index in [9.17, 15) is 4.79 Å². The number of nitrogens with two attached hydrogens (primary N) is 1. The molecular weight excluding hydrogens is 304 g/mol. The van der Waals surface area contributed by atoms with Gasteiger partial charge in [0.1, 0.15) is 0 Å². The largest absolute Gasteiger partial charge is 0.354 e. The molecule has 0 aliphatic heterocycles. The molecule has 0 aliphatic rings. The summed E-state index contributed by atoms with van der Waals surface area (Å²) in [6.45, 7) is 7.25. The zero-order valence-electron chi connectivity index (χ0n) is 13.1. The van der Waals surface area contributed by atoms with Gasteiger partial charge in [-0.05, 0) is 25.0 Å². The van der Waals surface area contributed by atoms with Crippen molar-refractivity contribution in [2.45, 2.75) is 43.8 Å². The van der Waals surface area contributed by atoms with E-state index in [2.05, 4.69) is 24.4 Å². The second-order valence-electron chi connectivity index (χ2n) is 5.14. The highest BCUT2D eigenvalue weighted by molar-refractivity contribution is 8.00. The molecule has 3 N–H and O–H groups in total. The van der Waals surface area contributed by atoms with Gasteiger partial charge in [-0.1, -0.05) is 39.0 Å². The Bertz CT molecular complexity index is 402. The number of thioether (sulfide) groups is 1. The van der Waals surface area contributed by atoms with Crippen molar-refractivity contribution in [1.29, 1.82) is 0 Å². The summed E-state index contributed by atoms with van der Waals surface area (Å²) in [5, 5.41) is 3.40. The molecule has 0 bridgehead atoms. The van der Waals surface area contributed by atoms with E-state index in [-0.39, 0.29) is 18.3 Å². The van der Waals surface area contributed by atoms with Crippen LogP contribution >= 0.6 is 24.2 Å². The fourth-order valence-electron chi connectivity index (χ4n) is 2.15. The van der Waals surface area contributed by atoms with Crippen molar-refractivity contribution in [1.82, 2.24) is 5.32 Å². The van der Waals surface area contributed by atoms with E-state index in [4.69, 9.17) is 5.73 Å². The van der Waals surface area contributed by atoms with Gasteiger partial charge in [0.25, 0.3) is 0 Å². The number of carbonyl (C=O) groups is 1. The number of benzene rings is 1. The minimum atomic E-state index is -0.406. The molecule has 0 spiro atoms. The number of halogens is 1. The molecule has 0 heterocycles. The Labute approximate surface area is 138 Å². The average molecular weight is 331 g/mol. The van der Waals surface area contributed by atoms with Crippen molar-refractivity contribution in [3.05, 3.63) is 30.3 Å². The van der Waals surface area contributed by atoms with Crippen LogP contribution in [0.1, 0.15) is 33.6 Å². The van der Waals surface area contributed by atoms with E-state index in [1.54, 1.807) is 11.8 Å². The zero-order valence-corrected chi connectivity index (χ0v) is 14.7. The first-order chi connectivity index (χ1) is 9.57. The van der Waals surface area contributed by atoms with Gasteiger partial charge >= 0.3 is 0 Å². The molecule has 21 heavy (non-hydrogen) atoms. The lowest BCUT2D eigenvalue weighted by Gasteiger charge is -2.29. The molecule has 5 heteroatoms. The molecule has 1 rings (SSSR count). The maximum atomic E-state index is 12.3. The van der Waals surface area contributed by atoms with Crippen LogP contribution in [0.25, 0.3) is 0 Å². The average Bonchev–Trinajstić information content (AvgIpc) is 2.48. The molecule has 120 valence electrons. The summed E-state index contributed by atoms with van der Waals surface area (Å²) in [5.41, 5.74) is 5.39. The van der Waals surface area contributed by atoms with Crippen LogP contribution in [0.15, 0.2) is 35.2 Å². The Morgan fingerprint density at radius 1 is 1.29 bits per heavy atom. The third-order valence-electron chi connectivity index (χ3n) is 3.86. The monoisotopic (exact) mass is 330 g/mol. The van der Waals surface area contributed by atoms with Crippen LogP contribution in [-0.4, -0.2) is 24.2 Å². The van der Waals surface area contributed by atoms with Crippen molar-refractivity contribution in [2.24, 2.45) is 11.1 Å². The Morgan fingerprint density at radius 3 is 2.33 bits per heavy atom. The molecule has 0 aliphatic carbocycles. The smallest absolute Gasteiger partial charge is 0.227 e. The second-order valence-corrected chi connectivity index (χ2v) is 6.65. The molecule has 0 radical (unpaired) electrons. The number of amides is 1. The minimum Gasteiger partial charge on any atom is -0.354 e. The lowest BCUT2D eigenvalue weighted by Crippen LogP contribution is -2.46. The third kappa shape index (κ3) is 5.89. The number of rotatable bonds is 8. The molecule has 0 aromatic heterocycles. The van der Waals surface area contributed by atoms with Crippen LogP contribution in [0.5, 0.6) is 0 Å². The van der Waals surface area contributed by atoms with Gasteiger partial charge in [-0.25, -0.2) is 0 Å². The van der Waals surface area contributed by atoms with Gasteiger partial charge in [0.15, 0.2) is 0 Å². The van der Waals surface area contributed by atoms with Crippen molar-refractivity contribution in [3.8, 4) is 0 Å². The Morgan fingerprint density at radius 2 is 1.86 bits per heavy atom. The Hall–Kier alpha value is -0.710. The molecular formula is C16H27ClN2OS. The fourth-order valence-corrected chi connectivity index (χ4v) is 3.10. The van der Waals surface area contributed by atoms with Gasteiger partial charge in [0.05, 0.1) is 5.41 Å². The highest BCUT2D eigenvalue weighted by Crippen LogP contribution is 2.26. The maximum absolute atomic E-state index is 12.3. The van der Waals surface area contributed by atoms with E-state index >= 15 is 0 Å². The predicted molar refractivity (Wildman–Crippen MR) is 94.1 cm³/mol. The molecule has 1 unspecified atom stereocenters. The summed E-state index contributed by atoms with van der Waals surface area (Å²) in [6, 6.07) is 10.2. The van der Waals surface area contributed by atoms with Gasteiger partial charge in [0.2, 0.25) is 5.91 Å². The molecule has 1 amide bonds. The first-order valence-corrected chi connectivity index (χ1v) is 8.16. The van der Waals surface area contributed by atoms with E-state index in [1.807, 2.05) is 32.0 Å². The van der Waals surface area contributed by atoms with Crippen molar-refractivity contribution >= 4 is 30.1 Å². The quantitative estimate of drug-likeness (QED) is 0.717. The molecule has 1 aromatic rings. The molecule has 0 fully saturated rings. The number of hydrogen-bond donors (Lipinski definition) is 2. The van der Waals surface area contributed by atoms with E-state index in [0.29, 0.717) is 18.3 Å². The van der Waals surface area contributed by atoms with Gasteiger partial charge in [0, 0.05) is 23.2 Å². The lowest BCUT2D eigenvalue weighted by atomic mass is 9.81. The molecule has 0 saturated carbocycles. The first kappa shape index (κ1) is 20.3. The molecule has 1 aromatic carbocycles. The van der Waals surface area contributed by atoms with Crippen LogP contribution < -0.4 is 11.1 Å².